The highest BCUT2D eigenvalue weighted by molar-refractivity contribution is 4.84. The molecule has 0 saturated carbocycles. The van der Waals surface area contributed by atoms with Gasteiger partial charge >= 0.3 is 0 Å². The fourth-order valence-corrected chi connectivity index (χ4v) is 1.93. The molecular formula is C13H26N4. The third kappa shape index (κ3) is 5.31. The van der Waals surface area contributed by atoms with Crippen molar-refractivity contribution in [2.45, 2.75) is 72.0 Å². The van der Waals surface area contributed by atoms with Gasteiger partial charge in [-0.2, -0.15) is 5.10 Å². The SMILES string of the molecule is CCCCCCC(C)NCc1ncnn1CC. The summed E-state index contributed by atoms with van der Waals surface area (Å²) in [6, 6.07) is 0.564. The molecule has 1 atom stereocenters. The topological polar surface area (TPSA) is 42.7 Å². The number of unbranched alkanes of at least 4 members (excludes halogenated alkanes) is 3. The number of hydrogen-bond donors (Lipinski definition) is 1. The predicted octanol–water partition coefficient (Wildman–Crippen LogP) is 2.75. The maximum absolute atomic E-state index is 4.26. The second-order valence-electron chi connectivity index (χ2n) is 4.62. The Hall–Kier alpha value is -0.900. The molecule has 0 amide bonds. The van der Waals surface area contributed by atoms with Crippen LogP contribution < -0.4 is 5.32 Å². The maximum atomic E-state index is 4.26. The van der Waals surface area contributed by atoms with Crippen molar-refractivity contribution in [3.05, 3.63) is 12.2 Å². The first kappa shape index (κ1) is 14.2. The molecule has 1 heterocycles. The Kier molecular flexibility index (Phi) is 6.86. The molecule has 0 aromatic carbocycles. The van der Waals surface area contributed by atoms with Gasteiger partial charge in [-0.3, -0.25) is 0 Å². The fourth-order valence-electron chi connectivity index (χ4n) is 1.93. The Morgan fingerprint density at radius 2 is 2.12 bits per heavy atom. The second-order valence-corrected chi connectivity index (χ2v) is 4.62. The number of nitrogens with zero attached hydrogens (tertiary/aromatic N) is 3. The van der Waals surface area contributed by atoms with Crippen LogP contribution in [0.15, 0.2) is 6.33 Å². The van der Waals surface area contributed by atoms with E-state index < -0.39 is 0 Å². The first-order valence-corrected chi connectivity index (χ1v) is 6.88. The number of rotatable bonds is 9. The quantitative estimate of drug-likeness (QED) is 0.673. The van der Waals surface area contributed by atoms with Crippen LogP contribution >= 0.6 is 0 Å². The van der Waals surface area contributed by atoms with Crippen LogP contribution in [-0.2, 0) is 13.1 Å². The summed E-state index contributed by atoms with van der Waals surface area (Å²) in [5.74, 6) is 1.04. The van der Waals surface area contributed by atoms with E-state index in [1.54, 1.807) is 6.33 Å². The summed E-state index contributed by atoms with van der Waals surface area (Å²) >= 11 is 0. The monoisotopic (exact) mass is 238 g/mol. The summed E-state index contributed by atoms with van der Waals surface area (Å²) in [6.07, 6.45) is 8.22. The van der Waals surface area contributed by atoms with Gasteiger partial charge in [0.05, 0.1) is 6.54 Å². The normalized spacial score (nSPS) is 12.9. The molecule has 1 aromatic heterocycles. The van der Waals surface area contributed by atoms with Gasteiger partial charge in [0, 0.05) is 12.6 Å². The zero-order valence-electron chi connectivity index (χ0n) is 11.4. The Morgan fingerprint density at radius 1 is 1.29 bits per heavy atom. The Morgan fingerprint density at radius 3 is 2.82 bits per heavy atom. The van der Waals surface area contributed by atoms with Crippen molar-refractivity contribution in [1.82, 2.24) is 20.1 Å². The van der Waals surface area contributed by atoms with Crippen LogP contribution in [0.25, 0.3) is 0 Å². The molecule has 98 valence electrons. The molecule has 0 aliphatic heterocycles. The molecule has 4 nitrogen and oxygen atoms in total. The summed E-state index contributed by atoms with van der Waals surface area (Å²) in [4.78, 5) is 4.26. The van der Waals surface area contributed by atoms with Gasteiger partial charge in [-0.1, -0.05) is 32.6 Å². The van der Waals surface area contributed by atoms with Crippen molar-refractivity contribution in [3.8, 4) is 0 Å². The van der Waals surface area contributed by atoms with Crippen LogP contribution in [-0.4, -0.2) is 20.8 Å². The molecule has 4 heteroatoms. The molecule has 17 heavy (non-hydrogen) atoms. The van der Waals surface area contributed by atoms with Crippen molar-refractivity contribution < 1.29 is 0 Å². The average Bonchev–Trinajstić information content (AvgIpc) is 2.79. The average molecular weight is 238 g/mol. The molecule has 0 fully saturated rings. The predicted molar refractivity (Wildman–Crippen MR) is 70.8 cm³/mol. The summed E-state index contributed by atoms with van der Waals surface area (Å²) in [5, 5.41) is 7.68. The van der Waals surface area contributed by atoms with Crippen LogP contribution in [0.4, 0.5) is 0 Å². The number of hydrogen-bond acceptors (Lipinski definition) is 3. The van der Waals surface area contributed by atoms with Crippen LogP contribution in [0.2, 0.25) is 0 Å². The third-order valence-electron chi connectivity index (χ3n) is 3.09. The number of nitrogens with one attached hydrogen (secondary N) is 1. The lowest BCUT2D eigenvalue weighted by molar-refractivity contribution is 0.464. The molecule has 0 saturated heterocycles. The molecule has 1 aromatic rings. The highest BCUT2D eigenvalue weighted by Gasteiger charge is 2.05. The molecular weight excluding hydrogens is 212 g/mol. The summed E-state index contributed by atoms with van der Waals surface area (Å²) in [6.45, 7) is 8.30. The van der Waals surface area contributed by atoms with E-state index in [1.807, 2.05) is 4.68 Å². The summed E-state index contributed by atoms with van der Waals surface area (Å²) in [5.41, 5.74) is 0. The van der Waals surface area contributed by atoms with Crippen LogP contribution in [0.3, 0.4) is 0 Å². The van der Waals surface area contributed by atoms with Crippen molar-refractivity contribution in [2.24, 2.45) is 0 Å². The minimum Gasteiger partial charge on any atom is -0.307 e. The minimum atomic E-state index is 0.564. The van der Waals surface area contributed by atoms with Gasteiger partial charge in [0.25, 0.3) is 0 Å². The van der Waals surface area contributed by atoms with E-state index in [0.29, 0.717) is 6.04 Å². The van der Waals surface area contributed by atoms with E-state index in [4.69, 9.17) is 0 Å². The van der Waals surface area contributed by atoms with Crippen LogP contribution in [0.5, 0.6) is 0 Å². The van der Waals surface area contributed by atoms with E-state index in [0.717, 1.165) is 18.9 Å². The Balaban J connectivity index is 2.17. The molecule has 0 bridgehead atoms. The molecule has 1 rings (SSSR count). The lowest BCUT2D eigenvalue weighted by Gasteiger charge is -2.13. The van der Waals surface area contributed by atoms with Gasteiger partial charge in [0.15, 0.2) is 0 Å². The van der Waals surface area contributed by atoms with Crippen molar-refractivity contribution in [1.29, 1.82) is 0 Å². The highest BCUT2D eigenvalue weighted by Crippen LogP contribution is 2.05. The number of aromatic nitrogens is 3. The molecule has 0 aliphatic rings. The molecule has 0 spiro atoms. The lowest BCUT2D eigenvalue weighted by atomic mass is 10.1. The van der Waals surface area contributed by atoms with Gasteiger partial charge in [-0.25, -0.2) is 9.67 Å². The first-order valence-electron chi connectivity index (χ1n) is 6.88. The van der Waals surface area contributed by atoms with E-state index in [2.05, 4.69) is 36.2 Å². The third-order valence-corrected chi connectivity index (χ3v) is 3.09. The second kappa shape index (κ2) is 8.23. The van der Waals surface area contributed by atoms with Crippen molar-refractivity contribution in [3.63, 3.8) is 0 Å². The van der Waals surface area contributed by atoms with Gasteiger partial charge in [0.1, 0.15) is 12.2 Å². The van der Waals surface area contributed by atoms with Gasteiger partial charge in [-0.05, 0) is 20.3 Å². The highest BCUT2D eigenvalue weighted by atomic mass is 15.3. The molecule has 0 aliphatic carbocycles. The van der Waals surface area contributed by atoms with E-state index in [1.165, 1.54) is 32.1 Å². The first-order chi connectivity index (χ1) is 8.27. The summed E-state index contributed by atoms with van der Waals surface area (Å²) < 4.78 is 1.94. The van der Waals surface area contributed by atoms with Gasteiger partial charge in [-0.15, -0.1) is 0 Å². The smallest absolute Gasteiger partial charge is 0.140 e. The Labute approximate surface area is 105 Å². The van der Waals surface area contributed by atoms with Crippen molar-refractivity contribution in [2.75, 3.05) is 0 Å². The molecule has 1 N–H and O–H groups in total. The van der Waals surface area contributed by atoms with Gasteiger partial charge < -0.3 is 5.32 Å². The van der Waals surface area contributed by atoms with E-state index >= 15 is 0 Å². The zero-order valence-corrected chi connectivity index (χ0v) is 11.4. The summed E-state index contributed by atoms with van der Waals surface area (Å²) in [7, 11) is 0. The number of aryl methyl sites for hydroxylation is 1. The van der Waals surface area contributed by atoms with Crippen LogP contribution in [0.1, 0.15) is 58.7 Å². The lowest BCUT2D eigenvalue weighted by Crippen LogP contribution is -2.27. The zero-order chi connectivity index (χ0) is 12.5. The Bertz CT molecular complexity index is 295. The van der Waals surface area contributed by atoms with E-state index in [9.17, 15) is 0 Å². The van der Waals surface area contributed by atoms with Gasteiger partial charge in [0.2, 0.25) is 0 Å². The van der Waals surface area contributed by atoms with Crippen LogP contribution in [0, 0.1) is 0 Å². The van der Waals surface area contributed by atoms with E-state index in [-0.39, 0.29) is 0 Å². The molecule has 1 unspecified atom stereocenters. The molecule has 0 radical (unpaired) electrons. The minimum absolute atomic E-state index is 0.564. The fraction of sp³-hybridized carbons (Fsp3) is 0.846. The largest absolute Gasteiger partial charge is 0.307 e. The standard InChI is InChI=1S/C13H26N4/c1-4-6-7-8-9-12(3)14-10-13-15-11-16-17(13)5-2/h11-12,14H,4-10H2,1-3H3. The maximum Gasteiger partial charge on any atom is 0.140 e. The van der Waals surface area contributed by atoms with Crippen molar-refractivity contribution >= 4 is 0 Å².